The van der Waals surface area contributed by atoms with E-state index in [9.17, 15) is 4.79 Å². The van der Waals surface area contributed by atoms with Crippen molar-refractivity contribution in [3.05, 3.63) is 34.3 Å². The molecule has 1 aromatic carbocycles. The Hall–Kier alpha value is -0.560. The summed E-state index contributed by atoms with van der Waals surface area (Å²) in [5, 5.41) is 3.19. The molecular formula is C17H23BrN2O2S. The number of carbonyl (C=O) groups is 1. The third-order valence-electron chi connectivity index (χ3n) is 4.80. The second kappa shape index (κ2) is 8.01. The number of halogens is 1. The first-order valence-corrected chi connectivity index (χ1v) is 10.1. The van der Waals surface area contributed by atoms with Crippen LogP contribution in [0.5, 0.6) is 0 Å². The summed E-state index contributed by atoms with van der Waals surface area (Å²) in [7, 11) is 0. The molecule has 2 saturated heterocycles. The van der Waals surface area contributed by atoms with Crippen LogP contribution in [-0.4, -0.2) is 60.7 Å². The molecule has 0 aromatic heterocycles. The normalized spacial score (nSPS) is 21.8. The fraction of sp³-hybridized carbons (Fsp3) is 0.588. The summed E-state index contributed by atoms with van der Waals surface area (Å²) in [6.45, 7) is 4.25. The third kappa shape index (κ3) is 4.10. The van der Waals surface area contributed by atoms with Crippen molar-refractivity contribution in [2.45, 2.75) is 18.4 Å². The molecule has 0 atom stereocenters. The maximum absolute atomic E-state index is 12.5. The number of morpholine rings is 1. The highest BCUT2D eigenvalue weighted by atomic mass is 79.9. The van der Waals surface area contributed by atoms with Gasteiger partial charge in [0, 0.05) is 29.6 Å². The average Bonchev–Trinajstić information content (AvgIpc) is 2.62. The molecule has 2 aliphatic rings. The summed E-state index contributed by atoms with van der Waals surface area (Å²) in [4.78, 5) is 15.1. The molecule has 1 N–H and O–H groups in total. The van der Waals surface area contributed by atoms with Crippen molar-refractivity contribution >= 4 is 33.6 Å². The molecule has 1 aromatic rings. The highest BCUT2D eigenvalue weighted by molar-refractivity contribution is 9.10. The van der Waals surface area contributed by atoms with Crippen LogP contribution in [0.3, 0.4) is 0 Å². The molecule has 2 heterocycles. The third-order valence-corrected chi connectivity index (χ3v) is 6.48. The number of nitrogens with zero attached hydrogens (tertiary/aromatic N) is 1. The van der Waals surface area contributed by atoms with Crippen molar-refractivity contribution in [2.24, 2.45) is 0 Å². The van der Waals surface area contributed by atoms with Gasteiger partial charge >= 0.3 is 0 Å². The smallest absolute Gasteiger partial charge is 0.252 e. The zero-order valence-electron chi connectivity index (χ0n) is 13.2. The van der Waals surface area contributed by atoms with Crippen LogP contribution in [0.1, 0.15) is 23.2 Å². The van der Waals surface area contributed by atoms with Crippen LogP contribution in [0, 0.1) is 0 Å². The quantitative estimate of drug-likeness (QED) is 0.846. The Bertz CT molecular complexity index is 543. The molecule has 2 aliphatic heterocycles. The van der Waals surface area contributed by atoms with Gasteiger partial charge in [-0.2, -0.15) is 11.8 Å². The van der Waals surface area contributed by atoms with Crippen molar-refractivity contribution in [3.63, 3.8) is 0 Å². The number of carbonyl (C=O) groups excluding carboxylic acids is 1. The maximum Gasteiger partial charge on any atom is 0.252 e. The van der Waals surface area contributed by atoms with E-state index in [2.05, 4.69) is 26.1 Å². The number of amides is 1. The highest BCUT2D eigenvalue weighted by Gasteiger charge is 2.39. The van der Waals surface area contributed by atoms with Crippen LogP contribution < -0.4 is 5.32 Å². The van der Waals surface area contributed by atoms with Gasteiger partial charge in [0.05, 0.1) is 18.8 Å². The summed E-state index contributed by atoms with van der Waals surface area (Å²) in [5.74, 6) is 2.34. The zero-order chi connectivity index (χ0) is 16.1. The molecule has 0 spiro atoms. The van der Waals surface area contributed by atoms with E-state index in [-0.39, 0.29) is 11.4 Å². The lowest BCUT2D eigenvalue weighted by Crippen LogP contribution is -2.60. The van der Waals surface area contributed by atoms with Crippen molar-refractivity contribution in [1.29, 1.82) is 0 Å². The molecule has 23 heavy (non-hydrogen) atoms. The minimum Gasteiger partial charge on any atom is -0.379 e. The molecule has 6 heteroatoms. The molecule has 0 saturated carbocycles. The van der Waals surface area contributed by atoms with Gasteiger partial charge in [-0.05, 0) is 52.4 Å². The molecule has 3 rings (SSSR count). The van der Waals surface area contributed by atoms with Crippen LogP contribution in [0.15, 0.2) is 28.7 Å². The summed E-state index contributed by atoms with van der Waals surface area (Å²) >= 11 is 5.48. The molecule has 0 unspecified atom stereocenters. The number of hydrogen-bond acceptors (Lipinski definition) is 4. The summed E-state index contributed by atoms with van der Waals surface area (Å²) in [5.41, 5.74) is 0.793. The Balaban J connectivity index is 1.69. The van der Waals surface area contributed by atoms with E-state index in [4.69, 9.17) is 4.74 Å². The van der Waals surface area contributed by atoms with Crippen molar-refractivity contribution in [1.82, 2.24) is 10.2 Å². The molecule has 126 valence electrons. The zero-order valence-corrected chi connectivity index (χ0v) is 15.6. The van der Waals surface area contributed by atoms with Gasteiger partial charge in [0.15, 0.2) is 0 Å². The number of hydrogen-bond donors (Lipinski definition) is 1. The van der Waals surface area contributed by atoms with Gasteiger partial charge in [-0.15, -0.1) is 0 Å². The molecule has 0 aliphatic carbocycles. The van der Waals surface area contributed by atoms with Crippen LogP contribution in [0.4, 0.5) is 0 Å². The van der Waals surface area contributed by atoms with E-state index in [0.717, 1.165) is 43.6 Å². The van der Waals surface area contributed by atoms with Gasteiger partial charge in [-0.1, -0.05) is 12.1 Å². The maximum atomic E-state index is 12.5. The van der Waals surface area contributed by atoms with E-state index in [1.807, 2.05) is 36.0 Å². The number of thioether (sulfide) groups is 1. The highest BCUT2D eigenvalue weighted by Crippen LogP contribution is 2.33. The van der Waals surface area contributed by atoms with E-state index in [1.165, 1.54) is 11.5 Å². The Kier molecular flexibility index (Phi) is 6.01. The number of benzene rings is 1. The predicted octanol–water partition coefficient (Wildman–Crippen LogP) is 2.78. The van der Waals surface area contributed by atoms with E-state index in [0.29, 0.717) is 12.1 Å². The number of ether oxygens (including phenoxy) is 1. The van der Waals surface area contributed by atoms with Gasteiger partial charge in [0.25, 0.3) is 5.91 Å². The van der Waals surface area contributed by atoms with Gasteiger partial charge in [-0.3, -0.25) is 9.69 Å². The minimum atomic E-state index is 0.00309. The molecule has 0 radical (unpaired) electrons. The lowest BCUT2D eigenvalue weighted by Gasteiger charge is -2.48. The number of nitrogens with one attached hydrogen (secondary N) is 1. The molecule has 1 amide bonds. The second-order valence-electron chi connectivity index (χ2n) is 6.10. The largest absolute Gasteiger partial charge is 0.379 e. The Morgan fingerprint density at radius 1 is 1.26 bits per heavy atom. The van der Waals surface area contributed by atoms with Crippen molar-refractivity contribution in [2.75, 3.05) is 44.4 Å². The Labute approximate surface area is 150 Å². The van der Waals surface area contributed by atoms with Crippen LogP contribution >= 0.6 is 27.7 Å². The first-order chi connectivity index (χ1) is 11.2. The summed E-state index contributed by atoms with van der Waals surface area (Å²) in [6.07, 6.45) is 2.27. The van der Waals surface area contributed by atoms with Gasteiger partial charge < -0.3 is 10.1 Å². The topological polar surface area (TPSA) is 41.6 Å². The van der Waals surface area contributed by atoms with Crippen molar-refractivity contribution < 1.29 is 9.53 Å². The SMILES string of the molecule is O=C(NCC1(N2CCOCC2)CCSCC1)c1ccccc1Br. The second-order valence-corrected chi connectivity index (χ2v) is 8.18. The first kappa shape index (κ1) is 17.3. The fourth-order valence-corrected chi connectivity index (χ4v) is 5.10. The minimum absolute atomic E-state index is 0.00309. The van der Waals surface area contributed by atoms with Crippen LogP contribution in [0.25, 0.3) is 0 Å². The fourth-order valence-electron chi connectivity index (χ4n) is 3.38. The molecular weight excluding hydrogens is 376 g/mol. The molecule has 4 nitrogen and oxygen atoms in total. The van der Waals surface area contributed by atoms with E-state index in [1.54, 1.807) is 0 Å². The van der Waals surface area contributed by atoms with Crippen molar-refractivity contribution in [3.8, 4) is 0 Å². The summed E-state index contributed by atoms with van der Waals surface area (Å²) < 4.78 is 6.35. The van der Waals surface area contributed by atoms with Crippen LogP contribution in [0.2, 0.25) is 0 Å². The standard InChI is InChI=1S/C17H23BrN2O2S/c18-15-4-2-1-3-14(15)16(21)19-13-17(5-11-23-12-6-17)20-7-9-22-10-8-20/h1-4H,5-13H2,(H,19,21). The lowest BCUT2D eigenvalue weighted by atomic mass is 9.89. The predicted molar refractivity (Wildman–Crippen MR) is 98.2 cm³/mol. The van der Waals surface area contributed by atoms with E-state index < -0.39 is 0 Å². The lowest BCUT2D eigenvalue weighted by molar-refractivity contribution is -0.0255. The molecule has 0 bridgehead atoms. The van der Waals surface area contributed by atoms with E-state index >= 15 is 0 Å². The average molecular weight is 399 g/mol. The van der Waals surface area contributed by atoms with Gasteiger partial charge in [0.2, 0.25) is 0 Å². The molecule has 2 fully saturated rings. The van der Waals surface area contributed by atoms with Gasteiger partial charge in [-0.25, -0.2) is 0 Å². The van der Waals surface area contributed by atoms with Crippen LogP contribution in [-0.2, 0) is 4.74 Å². The first-order valence-electron chi connectivity index (χ1n) is 8.15. The number of rotatable bonds is 4. The Morgan fingerprint density at radius 3 is 2.65 bits per heavy atom. The summed E-state index contributed by atoms with van der Waals surface area (Å²) in [6, 6.07) is 7.59. The monoisotopic (exact) mass is 398 g/mol. The van der Waals surface area contributed by atoms with Gasteiger partial charge in [0.1, 0.15) is 0 Å². The Morgan fingerprint density at radius 2 is 1.96 bits per heavy atom.